The van der Waals surface area contributed by atoms with Crippen LogP contribution in [0.2, 0.25) is 0 Å². The molecule has 1 aliphatic carbocycles. The fourth-order valence-corrected chi connectivity index (χ4v) is 4.34. The van der Waals surface area contributed by atoms with Crippen molar-refractivity contribution in [1.82, 2.24) is 10.6 Å². The molecule has 212 valence electrons. The zero-order chi connectivity index (χ0) is 28.3. The van der Waals surface area contributed by atoms with Crippen molar-refractivity contribution in [3.63, 3.8) is 0 Å². The minimum atomic E-state index is -0.739. The third kappa shape index (κ3) is 7.76. The predicted octanol–water partition coefficient (Wildman–Crippen LogP) is 1.30. The predicted molar refractivity (Wildman–Crippen MR) is 143 cm³/mol. The molecule has 0 radical (unpaired) electrons. The topological polar surface area (TPSA) is 153 Å². The molecule has 2 amide bonds. The van der Waals surface area contributed by atoms with Crippen molar-refractivity contribution in [2.45, 2.75) is 31.3 Å². The van der Waals surface area contributed by atoms with Gasteiger partial charge in [0, 0.05) is 30.6 Å². The number of rotatable bonds is 12. The molecule has 0 unspecified atom stereocenters. The van der Waals surface area contributed by atoms with E-state index in [-0.39, 0.29) is 57.9 Å². The van der Waals surface area contributed by atoms with Crippen molar-refractivity contribution >= 4 is 23.9 Å². The van der Waals surface area contributed by atoms with Crippen LogP contribution in [0.5, 0.6) is 0 Å². The van der Waals surface area contributed by atoms with Gasteiger partial charge < -0.3 is 39.8 Å². The standard InChI is InChI=1S/C29H32N2O9/c32-9-8-30-27(34)21-5-2-4-20(14-21)17-31-28(35)23-15-24-26(39-18-38-24)25(16-23)40-29(36)22-6-1-3-19(13-22)7-11-37-12-10-33/h1-7,11,13-15,24-26,32-33H,8-10,12,16-18H2,(H,30,34)(H,31,35)/t24-,25-,26-/m1/s1. The zero-order valence-electron chi connectivity index (χ0n) is 21.8. The van der Waals surface area contributed by atoms with Crippen molar-refractivity contribution in [3.8, 4) is 0 Å². The lowest BCUT2D eigenvalue weighted by molar-refractivity contribution is -0.118. The Hall–Kier alpha value is -4.03. The second-order valence-corrected chi connectivity index (χ2v) is 9.11. The van der Waals surface area contributed by atoms with Gasteiger partial charge in [-0.2, -0.15) is 0 Å². The number of benzene rings is 2. The minimum absolute atomic E-state index is 0.0219. The molecule has 2 aromatic rings. The van der Waals surface area contributed by atoms with Gasteiger partial charge in [-0.1, -0.05) is 24.3 Å². The molecule has 0 saturated carbocycles. The Morgan fingerprint density at radius 2 is 1.80 bits per heavy atom. The lowest BCUT2D eigenvalue weighted by Gasteiger charge is -2.30. The molecule has 2 aromatic carbocycles. The fraction of sp³-hybridized carbons (Fsp3) is 0.345. The van der Waals surface area contributed by atoms with Crippen LogP contribution in [0.15, 0.2) is 66.4 Å². The Kier molecular flexibility index (Phi) is 10.4. The van der Waals surface area contributed by atoms with Crippen LogP contribution in [0.1, 0.15) is 38.3 Å². The van der Waals surface area contributed by atoms with Crippen LogP contribution in [0.25, 0.3) is 6.08 Å². The van der Waals surface area contributed by atoms with Gasteiger partial charge >= 0.3 is 5.97 Å². The van der Waals surface area contributed by atoms with Crippen LogP contribution in [-0.2, 0) is 30.3 Å². The third-order valence-corrected chi connectivity index (χ3v) is 6.28. The van der Waals surface area contributed by atoms with Crippen LogP contribution in [0.3, 0.4) is 0 Å². The van der Waals surface area contributed by atoms with E-state index < -0.39 is 24.3 Å². The molecule has 3 atom stereocenters. The summed E-state index contributed by atoms with van der Waals surface area (Å²) >= 11 is 0. The molecule has 1 saturated heterocycles. The first-order valence-electron chi connectivity index (χ1n) is 12.9. The Morgan fingerprint density at radius 1 is 0.975 bits per heavy atom. The van der Waals surface area contributed by atoms with Crippen molar-refractivity contribution in [2.75, 3.05) is 33.2 Å². The number of nitrogens with one attached hydrogen (secondary N) is 2. The first-order chi connectivity index (χ1) is 19.5. The summed E-state index contributed by atoms with van der Waals surface area (Å²) in [5, 5.41) is 23.1. The molecule has 4 N–H and O–H groups in total. The van der Waals surface area contributed by atoms with Crippen molar-refractivity contribution in [1.29, 1.82) is 0 Å². The first kappa shape index (κ1) is 29.0. The summed E-state index contributed by atoms with van der Waals surface area (Å²) in [5.74, 6) is -1.23. The van der Waals surface area contributed by atoms with E-state index in [9.17, 15) is 14.4 Å². The Bertz CT molecular complexity index is 1260. The highest BCUT2D eigenvalue weighted by molar-refractivity contribution is 5.95. The number of aliphatic hydroxyl groups is 2. The first-order valence-corrected chi connectivity index (χ1v) is 12.9. The molecule has 40 heavy (non-hydrogen) atoms. The number of carbonyl (C=O) groups is 3. The number of esters is 1. The average molecular weight is 553 g/mol. The summed E-state index contributed by atoms with van der Waals surface area (Å²) in [6.45, 7) is 0.260. The number of ether oxygens (including phenoxy) is 4. The zero-order valence-corrected chi connectivity index (χ0v) is 21.8. The Labute approximate surface area is 231 Å². The van der Waals surface area contributed by atoms with Crippen molar-refractivity contribution in [3.05, 3.63) is 88.7 Å². The molecule has 1 heterocycles. The van der Waals surface area contributed by atoms with E-state index in [1.54, 1.807) is 60.7 Å². The van der Waals surface area contributed by atoms with Crippen LogP contribution < -0.4 is 10.6 Å². The molecule has 11 nitrogen and oxygen atoms in total. The number of hydrogen-bond acceptors (Lipinski definition) is 9. The van der Waals surface area contributed by atoms with Crippen LogP contribution in [0.4, 0.5) is 0 Å². The fourth-order valence-electron chi connectivity index (χ4n) is 4.34. The number of carbonyl (C=O) groups excluding carboxylic acids is 3. The maximum Gasteiger partial charge on any atom is 0.338 e. The van der Waals surface area contributed by atoms with Gasteiger partial charge in [-0.25, -0.2) is 4.79 Å². The minimum Gasteiger partial charge on any atom is -0.499 e. The molecular weight excluding hydrogens is 520 g/mol. The maximum absolute atomic E-state index is 13.1. The van der Waals surface area contributed by atoms with Crippen LogP contribution in [-0.4, -0.2) is 79.5 Å². The third-order valence-electron chi connectivity index (χ3n) is 6.28. The van der Waals surface area contributed by atoms with E-state index in [0.717, 1.165) is 5.56 Å². The molecule has 11 heteroatoms. The van der Waals surface area contributed by atoms with E-state index in [1.807, 2.05) is 0 Å². The van der Waals surface area contributed by atoms with E-state index in [4.69, 9.17) is 29.2 Å². The van der Waals surface area contributed by atoms with Gasteiger partial charge in [0.25, 0.3) is 5.91 Å². The number of hydrogen-bond donors (Lipinski definition) is 4. The molecule has 2 aliphatic rings. The molecule has 0 aromatic heterocycles. The second-order valence-electron chi connectivity index (χ2n) is 9.11. The lowest BCUT2D eigenvalue weighted by Crippen LogP contribution is -2.43. The Balaban J connectivity index is 1.38. The molecule has 0 spiro atoms. The van der Waals surface area contributed by atoms with Gasteiger partial charge in [-0.3, -0.25) is 9.59 Å². The largest absolute Gasteiger partial charge is 0.499 e. The van der Waals surface area contributed by atoms with E-state index >= 15 is 0 Å². The Morgan fingerprint density at radius 3 is 2.62 bits per heavy atom. The highest BCUT2D eigenvalue weighted by atomic mass is 16.7. The number of fused-ring (bicyclic) bond motifs is 1. The lowest BCUT2D eigenvalue weighted by atomic mass is 9.91. The highest BCUT2D eigenvalue weighted by Crippen LogP contribution is 2.31. The summed E-state index contributed by atoms with van der Waals surface area (Å²) in [6, 6.07) is 13.6. The molecular formula is C29H32N2O9. The molecule has 4 rings (SSSR count). The molecule has 1 aliphatic heterocycles. The summed E-state index contributed by atoms with van der Waals surface area (Å²) < 4.78 is 22.2. The summed E-state index contributed by atoms with van der Waals surface area (Å²) in [5.41, 5.74) is 2.57. The monoisotopic (exact) mass is 552 g/mol. The van der Waals surface area contributed by atoms with Gasteiger partial charge in [0.2, 0.25) is 5.91 Å². The summed E-state index contributed by atoms with van der Waals surface area (Å²) in [7, 11) is 0. The molecule has 1 fully saturated rings. The second kappa shape index (κ2) is 14.4. The van der Waals surface area contributed by atoms with Gasteiger partial charge in [0.15, 0.2) is 0 Å². The SMILES string of the molecule is O=C(NCc1cccc(C(=O)NCCO)c1)C1=C[C@H]2OCO[C@H]2[C@H](OC(=O)c2cccc(C=COCCO)c2)C1. The average Bonchev–Trinajstić information content (AvgIpc) is 3.46. The smallest absolute Gasteiger partial charge is 0.338 e. The quantitative estimate of drug-likeness (QED) is 0.173. The summed E-state index contributed by atoms with van der Waals surface area (Å²) in [6.07, 6.45) is 3.12. The van der Waals surface area contributed by atoms with E-state index in [1.165, 1.54) is 6.26 Å². The van der Waals surface area contributed by atoms with E-state index in [2.05, 4.69) is 10.6 Å². The van der Waals surface area contributed by atoms with Gasteiger partial charge in [-0.15, -0.1) is 0 Å². The van der Waals surface area contributed by atoms with Crippen LogP contribution in [0, 0.1) is 0 Å². The van der Waals surface area contributed by atoms with E-state index in [0.29, 0.717) is 22.3 Å². The van der Waals surface area contributed by atoms with Gasteiger partial charge in [0.1, 0.15) is 31.7 Å². The van der Waals surface area contributed by atoms with Crippen molar-refractivity contribution in [2.24, 2.45) is 0 Å². The number of aliphatic hydroxyl groups excluding tert-OH is 2. The van der Waals surface area contributed by atoms with Gasteiger partial charge in [-0.05, 0) is 47.5 Å². The highest BCUT2D eigenvalue weighted by Gasteiger charge is 2.42. The van der Waals surface area contributed by atoms with Crippen LogP contribution >= 0.6 is 0 Å². The van der Waals surface area contributed by atoms with Crippen molar-refractivity contribution < 1.29 is 43.5 Å². The molecule has 0 bridgehead atoms. The summed E-state index contributed by atoms with van der Waals surface area (Å²) in [4.78, 5) is 38.2. The normalized spacial score (nSPS) is 19.9. The maximum atomic E-state index is 13.1. The number of amides is 2. The van der Waals surface area contributed by atoms with Gasteiger partial charge in [0.05, 0.1) is 25.0 Å².